The Morgan fingerprint density at radius 2 is 1.41 bits per heavy atom. The van der Waals surface area contributed by atoms with E-state index in [1.165, 1.54) is 11.0 Å². The van der Waals surface area contributed by atoms with Gasteiger partial charge in [0.1, 0.15) is 5.82 Å². The van der Waals surface area contributed by atoms with E-state index in [2.05, 4.69) is 10.3 Å². The number of pyridine rings is 1. The summed E-state index contributed by atoms with van der Waals surface area (Å²) in [5.74, 6) is -2.14. The molecular weight excluding hydrogens is 497 g/mol. The highest BCUT2D eigenvalue weighted by Gasteiger charge is 2.22. The van der Waals surface area contributed by atoms with Crippen molar-refractivity contribution in [2.24, 2.45) is 0 Å². The Labute approximate surface area is 225 Å². The monoisotopic (exact) mass is 525 g/mol. The first-order valence-corrected chi connectivity index (χ1v) is 12.5. The summed E-state index contributed by atoms with van der Waals surface area (Å²) in [4.78, 5) is 43.8. The van der Waals surface area contributed by atoms with Crippen LogP contribution in [0.15, 0.2) is 97.3 Å². The van der Waals surface area contributed by atoms with Crippen LogP contribution in [0, 0.1) is 5.82 Å². The number of hydrogen-bond acceptors (Lipinski definition) is 4. The number of halogens is 1. The fourth-order valence-electron chi connectivity index (χ4n) is 4.26. The number of carbonyl (C=O) groups excluding carboxylic acids is 2. The quantitative estimate of drug-likeness (QED) is 0.288. The molecule has 39 heavy (non-hydrogen) atoms. The van der Waals surface area contributed by atoms with Gasteiger partial charge in [-0.25, -0.2) is 4.39 Å². The van der Waals surface area contributed by atoms with Crippen LogP contribution in [0.5, 0.6) is 0 Å². The van der Waals surface area contributed by atoms with E-state index in [-0.39, 0.29) is 25.4 Å². The molecule has 198 valence electrons. The first-order valence-electron chi connectivity index (χ1n) is 12.5. The topological polar surface area (TPSA) is 99.6 Å². The summed E-state index contributed by atoms with van der Waals surface area (Å²) in [6.07, 6.45) is 3.68. The van der Waals surface area contributed by atoms with Crippen LogP contribution in [0.2, 0.25) is 0 Å². The zero-order valence-electron chi connectivity index (χ0n) is 21.2. The van der Waals surface area contributed by atoms with E-state index < -0.39 is 17.7 Å². The number of aliphatic carboxylic acids is 1. The molecule has 0 aliphatic rings. The molecule has 0 bridgehead atoms. The van der Waals surface area contributed by atoms with Gasteiger partial charge in [0.25, 0.3) is 11.8 Å². The molecule has 8 heteroatoms. The molecule has 0 saturated carbocycles. The minimum Gasteiger partial charge on any atom is -0.481 e. The van der Waals surface area contributed by atoms with E-state index in [0.717, 1.165) is 5.56 Å². The van der Waals surface area contributed by atoms with Gasteiger partial charge in [-0.15, -0.1) is 0 Å². The van der Waals surface area contributed by atoms with E-state index >= 15 is 0 Å². The number of rotatable bonds is 11. The van der Waals surface area contributed by atoms with Gasteiger partial charge >= 0.3 is 5.97 Å². The molecule has 0 spiro atoms. The van der Waals surface area contributed by atoms with Crippen LogP contribution >= 0.6 is 0 Å². The minimum atomic E-state index is -0.998. The number of benzene rings is 3. The Balaban J connectivity index is 1.61. The first kappa shape index (κ1) is 27.2. The van der Waals surface area contributed by atoms with E-state index in [1.807, 2.05) is 12.1 Å². The van der Waals surface area contributed by atoms with E-state index in [9.17, 15) is 23.9 Å². The van der Waals surface area contributed by atoms with Crippen molar-refractivity contribution in [1.29, 1.82) is 0 Å². The van der Waals surface area contributed by atoms with Crippen molar-refractivity contribution in [3.63, 3.8) is 0 Å². The Hall–Kier alpha value is -4.85. The second-order valence-electron chi connectivity index (χ2n) is 8.91. The predicted molar refractivity (Wildman–Crippen MR) is 146 cm³/mol. The van der Waals surface area contributed by atoms with Crippen LogP contribution in [-0.4, -0.2) is 45.9 Å². The summed E-state index contributed by atoms with van der Waals surface area (Å²) in [5.41, 5.74) is 3.11. The highest BCUT2D eigenvalue weighted by atomic mass is 19.1. The van der Waals surface area contributed by atoms with Gasteiger partial charge in [0.2, 0.25) is 0 Å². The average molecular weight is 526 g/mol. The molecule has 0 atom stereocenters. The molecule has 0 unspecified atom stereocenters. The van der Waals surface area contributed by atoms with Crippen molar-refractivity contribution in [2.75, 3.05) is 13.1 Å². The highest BCUT2D eigenvalue weighted by Crippen LogP contribution is 2.28. The summed E-state index contributed by atoms with van der Waals surface area (Å²) < 4.78 is 14.1. The van der Waals surface area contributed by atoms with E-state index in [4.69, 9.17) is 0 Å². The molecule has 2 N–H and O–H groups in total. The predicted octanol–water partition coefficient (Wildman–Crippen LogP) is 4.98. The maximum absolute atomic E-state index is 14.1. The van der Waals surface area contributed by atoms with Crippen LogP contribution in [0.1, 0.15) is 38.3 Å². The molecule has 7 nitrogen and oxygen atoms in total. The van der Waals surface area contributed by atoms with Crippen molar-refractivity contribution in [3.8, 4) is 11.1 Å². The smallest absolute Gasteiger partial charge is 0.305 e. The van der Waals surface area contributed by atoms with Crippen LogP contribution in [0.3, 0.4) is 0 Å². The molecule has 0 fully saturated rings. The van der Waals surface area contributed by atoms with Crippen molar-refractivity contribution >= 4 is 17.8 Å². The molecule has 0 aliphatic carbocycles. The summed E-state index contributed by atoms with van der Waals surface area (Å²) in [6, 6.07) is 23.8. The molecule has 4 aromatic rings. The largest absolute Gasteiger partial charge is 0.481 e. The summed E-state index contributed by atoms with van der Waals surface area (Å²) in [7, 11) is 0. The fourth-order valence-corrected chi connectivity index (χ4v) is 4.26. The third kappa shape index (κ3) is 7.13. The summed E-state index contributed by atoms with van der Waals surface area (Å²) in [5, 5.41) is 12.0. The molecule has 3 aromatic carbocycles. The maximum Gasteiger partial charge on any atom is 0.305 e. The second-order valence-corrected chi connectivity index (χ2v) is 8.91. The number of carboxylic acid groups (broad SMARTS) is 1. The lowest BCUT2D eigenvalue weighted by molar-refractivity contribution is -0.137. The third-order valence-corrected chi connectivity index (χ3v) is 6.32. The van der Waals surface area contributed by atoms with Gasteiger partial charge in [0, 0.05) is 48.7 Å². The standard InChI is InChI=1S/C31H28FN3O4/c32-28-12-6-1-7-23(28)21-34-30(38)26-10-4-2-8-24(26)25-9-3-5-11-27(25)31(39)35(20-16-29(36)37)19-15-22-13-17-33-18-14-22/h1-14,17-18H,15-16,19-21H2,(H,34,38)(H,36,37). The number of nitrogens with zero attached hydrogens (tertiary/aromatic N) is 2. The Morgan fingerprint density at radius 3 is 2.10 bits per heavy atom. The Kier molecular flexibility index (Phi) is 9.13. The Morgan fingerprint density at radius 1 is 0.795 bits per heavy atom. The van der Waals surface area contributed by atoms with Crippen LogP contribution < -0.4 is 5.32 Å². The minimum absolute atomic E-state index is 0.0123. The molecule has 4 rings (SSSR count). The van der Waals surface area contributed by atoms with Gasteiger partial charge in [-0.2, -0.15) is 0 Å². The number of hydrogen-bond donors (Lipinski definition) is 2. The van der Waals surface area contributed by atoms with Gasteiger partial charge in [-0.05, 0) is 53.4 Å². The summed E-state index contributed by atoms with van der Waals surface area (Å²) in [6.45, 7) is 0.367. The molecule has 0 aliphatic heterocycles. The van der Waals surface area contributed by atoms with Crippen LogP contribution in [-0.2, 0) is 17.8 Å². The second kappa shape index (κ2) is 13.1. The summed E-state index contributed by atoms with van der Waals surface area (Å²) >= 11 is 0. The number of aromatic nitrogens is 1. The normalized spacial score (nSPS) is 10.6. The van der Waals surface area contributed by atoms with Crippen molar-refractivity contribution in [2.45, 2.75) is 19.4 Å². The molecule has 1 heterocycles. The number of amides is 2. The van der Waals surface area contributed by atoms with Gasteiger partial charge in [-0.3, -0.25) is 19.4 Å². The zero-order valence-corrected chi connectivity index (χ0v) is 21.2. The van der Waals surface area contributed by atoms with Crippen molar-refractivity contribution in [3.05, 3.63) is 125 Å². The average Bonchev–Trinajstić information content (AvgIpc) is 2.96. The number of carboxylic acids is 1. The fraction of sp³-hybridized carbons (Fsp3) is 0.161. The van der Waals surface area contributed by atoms with Crippen LogP contribution in [0.25, 0.3) is 11.1 Å². The molecular formula is C31H28FN3O4. The van der Waals surface area contributed by atoms with Crippen molar-refractivity contribution < 1.29 is 23.9 Å². The van der Waals surface area contributed by atoms with Crippen molar-refractivity contribution in [1.82, 2.24) is 15.2 Å². The number of carbonyl (C=O) groups is 3. The lowest BCUT2D eigenvalue weighted by Crippen LogP contribution is -2.35. The van der Waals surface area contributed by atoms with E-state index in [0.29, 0.717) is 40.8 Å². The lowest BCUT2D eigenvalue weighted by Gasteiger charge is -2.24. The highest BCUT2D eigenvalue weighted by molar-refractivity contribution is 6.06. The lowest BCUT2D eigenvalue weighted by atomic mass is 9.94. The van der Waals surface area contributed by atoms with Gasteiger partial charge in [-0.1, -0.05) is 54.6 Å². The van der Waals surface area contributed by atoms with Gasteiger partial charge < -0.3 is 15.3 Å². The maximum atomic E-state index is 14.1. The first-order chi connectivity index (χ1) is 18.9. The van der Waals surface area contributed by atoms with E-state index in [1.54, 1.807) is 79.1 Å². The van der Waals surface area contributed by atoms with Gasteiger partial charge in [0.15, 0.2) is 0 Å². The zero-order chi connectivity index (χ0) is 27.6. The van der Waals surface area contributed by atoms with Gasteiger partial charge in [0.05, 0.1) is 6.42 Å². The Bertz CT molecular complexity index is 1460. The molecule has 0 radical (unpaired) electrons. The molecule has 2 amide bonds. The molecule has 1 aromatic heterocycles. The number of nitrogens with one attached hydrogen (secondary N) is 1. The molecule has 0 saturated heterocycles. The van der Waals surface area contributed by atoms with Crippen LogP contribution in [0.4, 0.5) is 4.39 Å². The third-order valence-electron chi connectivity index (χ3n) is 6.32. The SMILES string of the molecule is O=C(O)CCN(CCc1ccncc1)C(=O)c1ccccc1-c1ccccc1C(=O)NCc1ccccc1F.